The van der Waals surface area contributed by atoms with Crippen LogP contribution >= 0.6 is 0 Å². The lowest BCUT2D eigenvalue weighted by molar-refractivity contribution is -0.145. The molecule has 0 unspecified atom stereocenters. The van der Waals surface area contributed by atoms with Crippen LogP contribution in [0.1, 0.15) is 47.0 Å². The molecule has 0 spiro atoms. The van der Waals surface area contributed by atoms with E-state index in [0.717, 1.165) is 18.4 Å². The maximum atomic E-state index is 12.3. The summed E-state index contributed by atoms with van der Waals surface area (Å²) in [5, 5.41) is 0. The third-order valence-corrected chi connectivity index (χ3v) is 5.57. The molecule has 0 aromatic carbocycles. The molecule has 2 fully saturated rings. The number of hydrogen-bond acceptors (Lipinski definition) is 5. The van der Waals surface area contributed by atoms with Crippen LogP contribution in [-0.4, -0.2) is 35.9 Å². The minimum atomic E-state index is -0.565. The Hall–Kier alpha value is -1.88. The zero-order valence-corrected chi connectivity index (χ0v) is 15.3. The molecule has 0 amide bonds. The summed E-state index contributed by atoms with van der Waals surface area (Å²) in [6.45, 7) is 11.5. The van der Waals surface area contributed by atoms with Gasteiger partial charge >= 0.3 is 11.9 Å². The summed E-state index contributed by atoms with van der Waals surface area (Å²) >= 11 is 0. The monoisotopic (exact) mass is 346 g/mol. The second-order valence-electron chi connectivity index (χ2n) is 7.51. The van der Waals surface area contributed by atoms with E-state index in [1.54, 1.807) is 19.9 Å². The Balaban J connectivity index is 1.94. The maximum absolute atomic E-state index is 12.3. The molecule has 0 aromatic heterocycles. The van der Waals surface area contributed by atoms with E-state index < -0.39 is 12.1 Å². The summed E-state index contributed by atoms with van der Waals surface area (Å²) in [7, 11) is 0. The molecule has 3 aliphatic rings. The summed E-state index contributed by atoms with van der Waals surface area (Å²) in [5.74, 6) is -1.17. The zero-order valence-electron chi connectivity index (χ0n) is 15.3. The molecule has 3 rings (SSSR count). The van der Waals surface area contributed by atoms with Gasteiger partial charge in [-0.15, -0.1) is 0 Å². The molecule has 0 aromatic rings. The van der Waals surface area contributed by atoms with Gasteiger partial charge in [-0.2, -0.15) is 0 Å². The van der Waals surface area contributed by atoms with Gasteiger partial charge in [0.25, 0.3) is 0 Å². The molecule has 0 N–H and O–H groups in total. The van der Waals surface area contributed by atoms with Crippen molar-refractivity contribution in [3.8, 4) is 0 Å². The van der Waals surface area contributed by atoms with E-state index in [9.17, 15) is 9.59 Å². The molecule has 2 saturated heterocycles. The van der Waals surface area contributed by atoms with Crippen molar-refractivity contribution in [3.05, 3.63) is 35.5 Å². The quantitative estimate of drug-likeness (QED) is 0.332. The summed E-state index contributed by atoms with van der Waals surface area (Å²) in [6.07, 6.45) is 5.27. The van der Waals surface area contributed by atoms with Crippen molar-refractivity contribution < 1.29 is 23.8 Å². The summed E-state index contributed by atoms with van der Waals surface area (Å²) in [6, 6.07) is 0. The highest BCUT2D eigenvalue weighted by molar-refractivity contribution is 5.91. The highest BCUT2D eigenvalue weighted by atomic mass is 16.6. The van der Waals surface area contributed by atoms with Gasteiger partial charge in [0.1, 0.15) is 12.2 Å². The van der Waals surface area contributed by atoms with E-state index in [-0.39, 0.29) is 29.7 Å². The van der Waals surface area contributed by atoms with E-state index in [4.69, 9.17) is 14.2 Å². The number of epoxide rings is 1. The lowest BCUT2D eigenvalue weighted by Gasteiger charge is -2.27. The molecule has 0 radical (unpaired) electrons. The predicted molar refractivity (Wildman–Crippen MR) is 92.7 cm³/mol. The van der Waals surface area contributed by atoms with Crippen LogP contribution in [0, 0.1) is 5.92 Å². The zero-order chi connectivity index (χ0) is 18.4. The SMILES string of the molecule is C=C1C(=O)O[C@H]2C[C@]3(C)O[C@@H]3CC/C(C)=C\[C@@H](OC(=O)/C(C)=C/C)[C@@H]12. The van der Waals surface area contributed by atoms with Crippen LogP contribution in [0.15, 0.2) is 35.5 Å². The molecular weight excluding hydrogens is 320 g/mol. The fraction of sp³-hybridized carbons (Fsp3) is 0.600. The normalized spacial score (nSPS) is 40.3. The molecule has 2 heterocycles. The number of carbonyl (C=O) groups excluding carboxylic acids is 2. The lowest BCUT2D eigenvalue weighted by Crippen LogP contribution is -2.35. The average Bonchev–Trinajstić information content (AvgIpc) is 3.11. The highest BCUT2D eigenvalue weighted by Crippen LogP contribution is 2.48. The van der Waals surface area contributed by atoms with Gasteiger partial charge in [0.15, 0.2) is 0 Å². The Morgan fingerprint density at radius 1 is 1.48 bits per heavy atom. The molecule has 25 heavy (non-hydrogen) atoms. The van der Waals surface area contributed by atoms with E-state index in [1.165, 1.54) is 0 Å². The third kappa shape index (κ3) is 3.43. The van der Waals surface area contributed by atoms with Crippen molar-refractivity contribution in [2.75, 3.05) is 0 Å². The average molecular weight is 346 g/mol. The van der Waals surface area contributed by atoms with Crippen LogP contribution in [0.5, 0.6) is 0 Å². The Morgan fingerprint density at radius 3 is 2.88 bits per heavy atom. The van der Waals surface area contributed by atoms with Crippen molar-refractivity contribution >= 4 is 11.9 Å². The minimum absolute atomic E-state index is 0.188. The first-order chi connectivity index (χ1) is 11.7. The van der Waals surface area contributed by atoms with E-state index in [0.29, 0.717) is 17.6 Å². The van der Waals surface area contributed by atoms with Crippen LogP contribution in [0.4, 0.5) is 0 Å². The number of hydrogen-bond donors (Lipinski definition) is 0. The number of rotatable bonds is 2. The van der Waals surface area contributed by atoms with Gasteiger partial charge in [0.05, 0.1) is 17.6 Å². The third-order valence-electron chi connectivity index (χ3n) is 5.57. The molecule has 5 atom stereocenters. The van der Waals surface area contributed by atoms with Gasteiger partial charge in [-0.3, -0.25) is 0 Å². The second-order valence-corrected chi connectivity index (χ2v) is 7.51. The Morgan fingerprint density at radius 2 is 2.20 bits per heavy atom. The van der Waals surface area contributed by atoms with Crippen LogP contribution in [0.3, 0.4) is 0 Å². The van der Waals surface area contributed by atoms with Crippen molar-refractivity contribution in [1.82, 2.24) is 0 Å². The number of ether oxygens (including phenoxy) is 3. The van der Waals surface area contributed by atoms with Gasteiger partial charge in [0, 0.05) is 17.6 Å². The van der Waals surface area contributed by atoms with Gasteiger partial charge in [0.2, 0.25) is 0 Å². The summed E-state index contributed by atoms with van der Waals surface area (Å²) in [5.41, 5.74) is 1.74. The topological polar surface area (TPSA) is 65.1 Å². The summed E-state index contributed by atoms with van der Waals surface area (Å²) in [4.78, 5) is 24.4. The van der Waals surface area contributed by atoms with Crippen LogP contribution < -0.4 is 0 Å². The van der Waals surface area contributed by atoms with Crippen molar-refractivity contribution in [2.24, 2.45) is 5.92 Å². The van der Waals surface area contributed by atoms with Crippen molar-refractivity contribution in [3.63, 3.8) is 0 Å². The standard InChI is InChI=1S/C20H26O5/c1-6-12(3)18(21)23-14-9-11(2)7-8-16-20(5,25-16)10-15-17(14)13(4)19(22)24-15/h6,9,14-17H,4,7-8,10H2,1-3,5H3/b11-9-,12-6+/t14-,15+,16-,17-,20+/m1/s1. The Kier molecular flexibility index (Phi) is 4.62. The fourth-order valence-electron chi connectivity index (χ4n) is 3.73. The van der Waals surface area contributed by atoms with Gasteiger partial charge in [-0.1, -0.05) is 18.2 Å². The number of allylic oxidation sites excluding steroid dienone is 2. The smallest absolute Gasteiger partial charge is 0.334 e. The second kappa shape index (κ2) is 6.45. The van der Waals surface area contributed by atoms with E-state index >= 15 is 0 Å². The molecule has 136 valence electrons. The maximum Gasteiger partial charge on any atom is 0.334 e. The Bertz CT molecular complexity index is 674. The minimum Gasteiger partial charge on any atom is -0.458 e. The highest BCUT2D eigenvalue weighted by Gasteiger charge is 2.57. The number of esters is 2. The number of fused-ring (bicyclic) bond motifs is 2. The molecule has 2 aliphatic heterocycles. The van der Waals surface area contributed by atoms with E-state index in [2.05, 4.69) is 13.5 Å². The van der Waals surface area contributed by atoms with Crippen molar-refractivity contribution in [2.45, 2.75) is 70.9 Å². The number of carbonyl (C=O) groups is 2. The van der Waals surface area contributed by atoms with Gasteiger partial charge < -0.3 is 14.2 Å². The molecule has 5 heteroatoms. The molecule has 0 bridgehead atoms. The van der Waals surface area contributed by atoms with Crippen molar-refractivity contribution in [1.29, 1.82) is 0 Å². The summed E-state index contributed by atoms with van der Waals surface area (Å²) < 4.78 is 17.2. The Labute approximate surface area is 148 Å². The predicted octanol–water partition coefficient (Wildman–Crippen LogP) is 3.25. The van der Waals surface area contributed by atoms with Crippen LogP contribution in [0.25, 0.3) is 0 Å². The first-order valence-corrected chi connectivity index (χ1v) is 8.84. The fourth-order valence-corrected chi connectivity index (χ4v) is 3.73. The largest absolute Gasteiger partial charge is 0.458 e. The van der Waals surface area contributed by atoms with Crippen LogP contribution in [-0.2, 0) is 23.8 Å². The molecular formula is C20H26O5. The van der Waals surface area contributed by atoms with Crippen LogP contribution in [0.2, 0.25) is 0 Å². The first kappa shape index (κ1) is 17.9. The molecule has 5 nitrogen and oxygen atoms in total. The van der Waals surface area contributed by atoms with Gasteiger partial charge in [-0.25, -0.2) is 9.59 Å². The molecule has 1 aliphatic carbocycles. The van der Waals surface area contributed by atoms with Gasteiger partial charge in [-0.05, 0) is 46.6 Å². The first-order valence-electron chi connectivity index (χ1n) is 8.84. The lowest BCUT2D eigenvalue weighted by atomic mass is 9.83. The van der Waals surface area contributed by atoms with E-state index in [1.807, 2.05) is 13.0 Å². The molecule has 0 saturated carbocycles.